The van der Waals surface area contributed by atoms with Crippen LogP contribution in [0, 0.1) is 11.3 Å². The molecular formula is C12H8ClN3O. The number of nitrogens with two attached hydrogens (primary N) is 1. The lowest BCUT2D eigenvalue weighted by Gasteiger charge is -2.06. The lowest BCUT2D eigenvalue weighted by Crippen LogP contribution is -1.92. The predicted molar refractivity (Wildman–Crippen MR) is 64.9 cm³/mol. The molecule has 0 saturated carbocycles. The highest BCUT2D eigenvalue weighted by atomic mass is 35.5. The van der Waals surface area contributed by atoms with E-state index < -0.39 is 0 Å². The SMILES string of the molecule is N#Cc1cc(N)ccc1Oc1ccc(Cl)cn1. The van der Waals surface area contributed by atoms with E-state index in [0.29, 0.717) is 27.9 Å². The van der Waals surface area contributed by atoms with Gasteiger partial charge >= 0.3 is 0 Å². The molecule has 84 valence electrons. The zero-order chi connectivity index (χ0) is 12.3. The van der Waals surface area contributed by atoms with Gasteiger partial charge in [-0.05, 0) is 24.3 Å². The molecule has 5 heteroatoms. The summed E-state index contributed by atoms with van der Waals surface area (Å²) in [6.07, 6.45) is 1.47. The molecule has 0 atom stereocenters. The van der Waals surface area contributed by atoms with Crippen LogP contribution in [0.3, 0.4) is 0 Å². The first-order valence-electron chi connectivity index (χ1n) is 4.78. The molecule has 2 N–H and O–H groups in total. The number of nitriles is 1. The Balaban J connectivity index is 2.30. The highest BCUT2D eigenvalue weighted by molar-refractivity contribution is 6.30. The van der Waals surface area contributed by atoms with E-state index in [0.717, 1.165) is 0 Å². The van der Waals surface area contributed by atoms with E-state index in [1.807, 2.05) is 6.07 Å². The van der Waals surface area contributed by atoms with Gasteiger partial charge in [0.1, 0.15) is 11.8 Å². The van der Waals surface area contributed by atoms with Gasteiger partial charge in [-0.2, -0.15) is 5.26 Å². The van der Waals surface area contributed by atoms with Crippen LogP contribution >= 0.6 is 11.6 Å². The number of rotatable bonds is 2. The molecule has 4 nitrogen and oxygen atoms in total. The predicted octanol–water partition coefficient (Wildman–Crippen LogP) is 2.98. The Labute approximate surface area is 103 Å². The number of ether oxygens (including phenoxy) is 1. The van der Waals surface area contributed by atoms with Crippen molar-refractivity contribution in [3.05, 3.63) is 47.1 Å². The molecule has 0 saturated heterocycles. The van der Waals surface area contributed by atoms with Gasteiger partial charge < -0.3 is 10.5 Å². The summed E-state index contributed by atoms with van der Waals surface area (Å²) in [5, 5.41) is 9.46. The quantitative estimate of drug-likeness (QED) is 0.826. The van der Waals surface area contributed by atoms with Crippen molar-refractivity contribution in [2.45, 2.75) is 0 Å². The van der Waals surface area contributed by atoms with Crippen molar-refractivity contribution in [2.75, 3.05) is 5.73 Å². The number of benzene rings is 1. The van der Waals surface area contributed by atoms with Gasteiger partial charge in [-0.3, -0.25) is 0 Å². The van der Waals surface area contributed by atoms with Gasteiger partial charge in [0.25, 0.3) is 0 Å². The van der Waals surface area contributed by atoms with Crippen molar-refractivity contribution in [1.29, 1.82) is 5.26 Å². The van der Waals surface area contributed by atoms with Crippen molar-refractivity contribution in [3.63, 3.8) is 0 Å². The van der Waals surface area contributed by atoms with Gasteiger partial charge in [0.2, 0.25) is 5.88 Å². The van der Waals surface area contributed by atoms with Crippen molar-refractivity contribution in [3.8, 4) is 17.7 Å². The average Bonchev–Trinajstić information content (AvgIpc) is 2.34. The monoisotopic (exact) mass is 245 g/mol. The highest BCUT2D eigenvalue weighted by Gasteiger charge is 2.05. The molecule has 0 radical (unpaired) electrons. The Kier molecular flexibility index (Phi) is 3.12. The molecule has 0 aliphatic heterocycles. The Morgan fingerprint density at radius 2 is 2.12 bits per heavy atom. The van der Waals surface area contributed by atoms with Crippen LogP contribution in [0.5, 0.6) is 11.6 Å². The summed E-state index contributed by atoms with van der Waals surface area (Å²) in [5.74, 6) is 0.784. The molecule has 2 aromatic rings. The van der Waals surface area contributed by atoms with E-state index in [1.54, 1.807) is 30.3 Å². The summed E-state index contributed by atoms with van der Waals surface area (Å²) in [4.78, 5) is 3.98. The van der Waals surface area contributed by atoms with Crippen LogP contribution in [-0.4, -0.2) is 4.98 Å². The lowest BCUT2D eigenvalue weighted by atomic mass is 10.2. The molecule has 17 heavy (non-hydrogen) atoms. The third kappa shape index (κ3) is 2.65. The molecule has 0 bridgehead atoms. The molecule has 0 fully saturated rings. The Morgan fingerprint density at radius 3 is 2.76 bits per heavy atom. The van der Waals surface area contributed by atoms with Crippen molar-refractivity contribution < 1.29 is 4.74 Å². The topological polar surface area (TPSA) is 71.9 Å². The summed E-state index contributed by atoms with van der Waals surface area (Å²) < 4.78 is 5.46. The van der Waals surface area contributed by atoms with Crippen molar-refractivity contribution >= 4 is 17.3 Å². The molecule has 1 aromatic carbocycles. The molecule has 0 amide bonds. The van der Waals surface area contributed by atoms with Crippen LogP contribution in [0.2, 0.25) is 5.02 Å². The first kappa shape index (κ1) is 11.2. The zero-order valence-electron chi connectivity index (χ0n) is 8.72. The second-order valence-electron chi connectivity index (χ2n) is 3.28. The molecule has 1 aromatic heterocycles. The molecule has 0 aliphatic carbocycles. The normalized spacial score (nSPS) is 9.65. The number of aromatic nitrogens is 1. The van der Waals surface area contributed by atoms with Gasteiger partial charge in [-0.25, -0.2) is 4.98 Å². The van der Waals surface area contributed by atoms with Gasteiger partial charge in [0.05, 0.1) is 10.6 Å². The number of nitrogen functional groups attached to an aromatic ring is 1. The highest BCUT2D eigenvalue weighted by Crippen LogP contribution is 2.25. The average molecular weight is 246 g/mol. The third-order valence-electron chi connectivity index (χ3n) is 2.04. The summed E-state index contributed by atoms with van der Waals surface area (Å²) in [7, 11) is 0. The standard InChI is InChI=1S/C12H8ClN3O/c13-9-1-4-12(16-7-9)17-11-3-2-10(15)5-8(11)6-14/h1-5,7H,15H2. The van der Waals surface area contributed by atoms with E-state index in [-0.39, 0.29) is 0 Å². The fourth-order valence-corrected chi connectivity index (χ4v) is 1.37. The van der Waals surface area contributed by atoms with Gasteiger partial charge in [0.15, 0.2) is 0 Å². The van der Waals surface area contributed by atoms with Crippen LogP contribution in [0.15, 0.2) is 36.5 Å². The number of halogens is 1. The van der Waals surface area contributed by atoms with E-state index in [1.165, 1.54) is 6.20 Å². The smallest absolute Gasteiger partial charge is 0.219 e. The maximum atomic E-state index is 8.94. The molecule has 1 heterocycles. The fraction of sp³-hybridized carbons (Fsp3) is 0. The van der Waals surface area contributed by atoms with Crippen LogP contribution < -0.4 is 10.5 Å². The summed E-state index contributed by atoms with van der Waals surface area (Å²) in [5.41, 5.74) is 6.45. The minimum absolute atomic E-state index is 0.363. The maximum absolute atomic E-state index is 8.94. The summed E-state index contributed by atoms with van der Waals surface area (Å²) >= 11 is 5.71. The second-order valence-corrected chi connectivity index (χ2v) is 3.72. The van der Waals surface area contributed by atoms with E-state index in [9.17, 15) is 0 Å². The fourth-order valence-electron chi connectivity index (χ4n) is 1.26. The molecule has 0 unspecified atom stereocenters. The lowest BCUT2D eigenvalue weighted by molar-refractivity contribution is 0.461. The zero-order valence-corrected chi connectivity index (χ0v) is 9.48. The van der Waals surface area contributed by atoms with Crippen LogP contribution in [0.1, 0.15) is 5.56 Å². The van der Waals surface area contributed by atoms with Crippen molar-refractivity contribution in [1.82, 2.24) is 4.98 Å². The van der Waals surface area contributed by atoms with Gasteiger partial charge in [0, 0.05) is 18.0 Å². The Bertz CT molecular complexity index is 575. The number of hydrogen-bond donors (Lipinski definition) is 1. The van der Waals surface area contributed by atoms with Gasteiger partial charge in [-0.15, -0.1) is 0 Å². The van der Waals surface area contributed by atoms with Crippen LogP contribution in [0.25, 0.3) is 0 Å². The first-order valence-corrected chi connectivity index (χ1v) is 5.16. The van der Waals surface area contributed by atoms with E-state index >= 15 is 0 Å². The Hall–Kier alpha value is -2.25. The van der Waals surface area contributed by atoms with Crippen LogP contribution in [-0.2, 0) is 0 Å². The number of nitrogens with zero attached hydrogens (tertiary/aromatic N) is 2. The largest absolute Gasteiger partial charge is 0.438 e. The Morgan fingerprint density at radius 1 is 1.29 bits per heavy atom. The number of pyridine rings is 1. The number of anilines is 1. The second kappa shape index (κ2) is 4.73. The van der Waals surface area contributed by atoms with E-state index in [4.69, 9.17) is 27.3 Å². The molecule has 0 spiro atoms. The molecular weight excluding hydrogens is 238 g/mol. The minimum Gasteiger partial charge on any atom is -0.438 e. The van der Waals surface area contributed by atoms with Crippen LogP contribution in [0.4, 0.5) is 5.69 Å². The maximum Gasteiger partial charge on any atom is 0.219 e. The molecule has 2 rings (SSSR count). The van der Waals surface area contributed by atoms with Crippen molar-refractivity contribution in [2.24, 2.45) is 0 Å². The summed E-state index contributed by atoms with van der Waals surface area (Å²) in [6.45, 7) is 0. The number of hydrogen-bond acceptors (Lipinski definition) is 4. The minimum atomic E-state index is 0.363. The van der Waals surface area contributed by atoms with Gasteiger partial charge in [-0.1, -0.05) is 11.6 Å². The summed E-state index contributed by atoms with van der Waals surface area (Å²) in [6, 6.07) is 10.1. The van der Waals surface area contributed by atoms with E-state index in [2.05, 4.69) is 4.98 Å². The molecule has 0 aliphatic rings. The first-order chi connectivity index (χ1) is 8.19. The third-order valence-corrected chi connectivity index (χ3v) is 2.26.